The first-order valence-electron chi connectivity index (χ1n) is 9.19. The predicted octanol–water partition coefficient (Wildman–Crippen LogP) is 1.93. The summed E-state index contributed by atoms with van der Waals surface area (Å²) in [4.78, 5) is 16.6. The summed E-state index contributed by atoms with van der Waals surface area (Å²) in [7, 11) is 0. The number of amides is 1. The Morgan fingerprint density at radius 1 is 1.04 bits per heavy atom. The second kappa shape index (κ2) is 8.73. The monoisotopic (exact) mass is 371 g/mol. The van der Waals surface area contributed by atoms with Crippen molar-refractivity contribution in [2.24, 2.45) is 0 Å². The van der Waals surface area contributed by atoms with Crippen LogP contribution in [0.4, 0.5) is 21.5 Å². The second-order valence-corrected chi connectivity index (χ2v) is 6.73. The van der Waals surface area contributed by atoms with Crippen molar-refractivity contribution in [3.8, 4) is 0 Å². The first-order valence-corrected chi connectivity index (χ1v) is 9.19. The van der Waals surface area contributed by atoms with Crippen LogP contribution in [-0.4, -0.2) is 50.1 Å². The van der Waals surface area contributed by atoms with Gasteiger partial charge in [0.2, 0.25) is 0 Å². The van der Waals surface area contributed by atoms with E-state index in [9.17, 15) is 9.18 Å². The number of para-hydroxylation sites is 1. The lowest BCUT2D eigenvalue weighted by atomic mass is 10.2. The maximum absolute atomic E-state index is 12.9. The third-order valence-electron chi connectivity index (χ3n) is 4.87. The lowest BCUT2D eigenvalue weighted by Gasteiger charge is -2.36. The number of carbonyl (C=O) groups excluding carboxylic acids is 1. The van der Waals surface area contributed by atoms with Crippen molar-refractivity contribution in [1.82, 2.24) is 10.2 Å². The van der Waals surface area contributed by atoms with E-state index in [1.54, 1.807) is 0 Å². The SMILES string of the molecule is Nc1cccc(N2CCN(CCCNC(=O)c3ccc(F)cc3)CC2)c1N. The van der Waals surface area contributed by atoms with Gasteiger partial charge < -0.3 is 21.7 Å². The summed E-state index contributed by atoms with van der Waals surface area (Å²) in [6.45, 7) is 5.20. The fourth-order valence-electron chi connectivity index (χ4n) is 3.27. The normalized spacial score (nSPS) is 14.9. The van der Waals surface area contributed by atoms with Crippen molar-refractivity contribution in [1.29, 1.82) is 0 Å². The van der Waals surface area contributed by atoms with Crippen LogP contribution in [0.25, 0.3) is 0 Å². The molecule has 0 saturated carbocycles. The van der Waals surface area contributed by atoms with E-state index < -0.39 is 0 Å². The van der Waals surface area contributed by atoms with Gasteiger partial charge in [0.25, 0.3) is 5.91 Å². The topological polar surface area (TPSA) is 87.6 Å². The molecule has 2 aromatic carbocycles. The van der Waals surface area contributed by atoms with Gasteiger partial charge in [-0.15, -0.1) is 0 Å². The van der Waals surface area contributed by atoms with E-state index in [1.165, 1.54) is 24.3 Å². The number of anilines is 3. The highest BCUT2D eigenvalue weighted by Gasteiger charge is 2.19. The fraction of sp³-hybridized carbons (Fsp3) is 0.350. The highest BCUT2D eigenvalue weighted by Crippen LogP contribution is 2.28. The molecule has 0 bridgehead atoms. The van der Waals surface area contributed by atoms with E-state index in [-0.39, 0.29) is 11.7 Å². The van der Waals surface area contributed by atoms with Crippen LogP contribution in [0.2, 0.25) is 0 Å². The van der Waals surface area contributed by atoms with Crippen LogP contribution in [0.15, 0.2) is 42.5 Å². The maximum Gasteiger partial charge on any atom is 0.251 e. The number of hydrogen-bond donors (Lipinski definition) is 3. The minimum Gasteiger partial charge on any atom is -0.397 e. The zero-order valence-corrected chi connectivity index (χ0v) is 15.3. The Labute approximate surface area is 158 Å². The van der Waals surface area contributed by atoms with Crippen molar-refractivity contribution in [3.05, 3.63) is 53.8 Å². The van der Waals surface area contributed by atoms with Gasteiger partial charge in [-0.2, -0.15) is 0 Å². The fourth-order valence-corrected chi connectivity index (χ4v) is 3.27. The largest absolute Gasteiger partial charge is 0.397 e. The molecule has 144 valence electrons. The number of nitrogen functional groups attached to an aromatic ring is 2. The second-order valence-electron chi connectivity index (χ2n) is 6.73. The Kier molecular flexibility index (Phi) is 6.13. The van der Waals surface area contributed by atoms with Crippen LogP contribution in [-0.2, 0) is 0 Å². The van der Waals surface area contributed by atoms with Gasteiger partial charge in [-0.05, 0) is 49.4 Å². The summed E-state index contributed by atoms with van der Waals surface area (Å²) in [6.07, 6.45) is 0.868. The summed E-state index contributed by atoms with van der Waals surface area (Å²) < 4.78 is 12.9. The third-order valence-corrected chi connectivity index (χ3v) is 4.87. The van der Waals surface area contributed by atoms with Gasteiger partial charge in [0.15, 0.2) is 0 Å². The van der Waals surface area contributed by atoms with Gasteiger partial charge in [-0.25, -0.2) is 4.39 Å². The quantitative estimate of drug-likeness (QED) is 0.533. The van der Waals surface area contributed by atoms with Gasteiger partial charge in [-0.3, -0.25) is 9.69 Å². The van der Waals surface area contributed by atoms with E-state index in [0.717, 1.165) is 44.8 Å². The van der Waals surface area contributed by atoms with Crippen LogP contribution < -0.4 is 21.7 Å². The molecule has 0 atom stereocenters. The average Bonchev–Trinajstić information content (AvgIpc) is 2.68. The number of hydrogen-bond acceptors (Lipinski definition) is 5. The molecule has 0 aromatic heterocycles. The minimum absolute atomic E-state index is 0.169. The molecule has 1 aliphatic heterocycles. The van der Waals surface area contributed by atoms with Crippen LogP contribution >= 0.6 is 0 Å². The third kappa shape index (κ3) is 4.89. The molecule has 1 fully saturated rings. The number of benzene rings is 2. The molecule has 1 saturated heterocycles. The number of nitrogens with two attached hydrogens (primary N) is 2. The molecular weight excluding hydrogens is 345 g/mol. The maximum atomic E-state index is 12.9. The molecule has 1 aliphatic rings. The van der Waals surface area contributed by atoms with Crippen LogP contribution in [0, 0.1) is 5.82 Å². The molecule has 7 heteroatoms. The Bertz CT molecular complexity index is 772. The van der Waals surface area contributed by atoms with Gasteiger partial charge >= 0.3 is 0 Å². The van der Waals surface area contributed by atoms with Crippen molar-refractivity contribution in [2.45, 2.75) is 6.42 Å². The van der Waals surface area contributed by atoms with E-state index in [0.29, 0.717) is 23.5 Å². The summed E-state index contributed by atoms with van der Waals surface area (Å²) in [6, 6.07) is 11.3. The Hall–Kier alpha value is -2.80. The molecule has 0 aliphatic carbocycles. The molecule has 0 spiro atoms. The first-order chi connectivity index (χ1) is 13.0. The Morgan fingerprint density at radius 2 is 1.74 bits per heavy atom. The lowest BCUT2D eigenvalue weighted by Crippen LogP contribution is -2.47. The zero-order chi connectivity index (χ0) is 19.2. The molecule has 1 heterocycles. The van der Waals surface area contributed by atoms with Gasteiger partial charge in [-0.1, -0.05) is 6.07 Å². The molecule has 0 radical (unpaired) electrons. The zero-order valence-electron chi connectivity index (χ0n) is 15.3. The molecule has 1 amide bonds. The summed E-state index contributed by atoms with van der Waals surface area (Å²) in [5.74, 6) is -0.511. The number of nitrogens with zero attached hydrogens (tertiary/aromatic N) is 2. The van der Waals surface area contributed by atoms with Crippen molar-refractivity contribution in [2.75, 3.05) is 55.6 Å². The van der Waals surface area contributed by atoms with Crippen LogP contribution in [0.3, 0.4) is 0 Å². The van der Waals surface area contributed by atoms with Gasteiger partial charge in [0.1, 0.15) is 5.82 Å². The Morgan fingerprint density at radius 3 is 2.44 bits per heavy atom. The number of rotatable bonds is 6. The molecule has 27 heavy (non-hydrogen) atoms. The smallest absolute Gasteiger partial charge is 0.251 e. The number of carbonyl (C=O) groups is 1. The molecule has 0 unspecified atom stereocenters. The number of piperazine rings is 1. The number of halogens is 1. The molecule has 6 nitrogen and oxygen atoms in total. The highest BCUT2D eigenvalue weighted by molar-refractivity contribution is 5.94. The highest BCUT2D eigenvalue weighted by atomic mass is 19.1. The molecular formula is C20H26FN5O. The van der Waals surface area contributed by atoms with Crippen molar-refractivity contribution >= 4 is 23.0 Å². The predicted molar refractivity (Wildman–Crippen MR) is 107 cm³/mol. The molecule has 5 N–H and O–H groups in total. The molecule has 2 aromatic rings. The van der Waals surface area contributed by atoms with E-state index in [2.05, 4.69) is 15.1 Å². The standard InChI is InChI=1S/C20H26FN5O/c21-16-7-5-15(6-8-16)20(27)24-9-2-10-25-11-13-26(14-12-25)18-4-1-3-17(22)19(18)23/h1,3-8H,2,9-14,22-23H2,(H,24,27). The van der Waals surface area contributed by atoms with Crippen LogP contribution in [0.1, 0.15) is 16.8 Å². The average molecular weight is 371 g/mol. The van der Waals surface area contributed by atoms with Crippen molar-refractivity contribution in [3.63, 3.8) is 0 Å². The first kappa shape index (κ1) is 19.0. The Balaban J connectivity index is 1.38. The van der Waals surface area contributed by atoms with E-state index >= 15 is 0 Å². The van der Waals surface area contributed by atoms with Crippen LogP contribution in [0.5, 0.6) is 0 Å². The summed E-state index contributed by atoms with van der Waals surface area (Å²) >= 11 is 0. The van der Waals surface area contributed by atoms with Gasteiger partial charge in [0, 0.05) is 38.3 Å². The van der Waals surface area contributed by atoms with Crippen molar-refractivity contribution < 1.29 is 9.18 Å². The lowest BCUT2D eigenvalue weighted by molar-refractivity contribution is 0.0951. The van der Waals surface area contributed by atoms with E-state index in [1.807, 2.05) is 18.2 Å². The van der Waals surface area contributed by atoms with E-state index in [4.69, 9.17) is 11.5 Å². The summed E-state index contributed by atoms with van der Waals surface area (Å²) in [5.41, 5.74) is 14.7. The number of nitrogens with one attached hydrogen (secondary N) is 1. The summed E-state index contributed by atoms with van der Waals surface area (Å²) in [5, 5.41) is 2.88. The molecule has 3 rings (SSSR count). The minimum atomic E-state index is -0.342. The van der Waals surface area contributed by atoms with Gasteiger partial charge in [0.05, 0.1) is 17.1 Å².